The van der Waals surface area contributed by atoms with Crippen LogP contribution in [0.3, 0.4) is 0 Å². The van der Waals surface area contributed by atoms with Gasteiger partial charge in [0, 0.05) is 23.8 Å². The maximum atomic E-state index is 12.1. The van der Waals surface area contributed by atoms with Gasteiger partial charge in [-0.3, -0.25) is 4.79 Å². The van der Waals surface area contributed by atoms with Crippen LogP contribution in [0, 0.1) is 0 Å². The van der Waals surface area contributed by atoms with Crippen molar-refractivity contribution in [2.75, 3.05) is 0 Å². The van der Waals surface area contributed by atoms with Gasteiger partial charge in [0.25, 0.3) is 5.56 Å². The Hall–Kier alpha value is -1.87. The minimum atomic E-state index is -0.0198. The van der Waals surface area contributed by atoms with Crippen LogP contribution in [0.2, 0.25) is 0 Å². The molecular weight excluding hydrogens is 260 g/mol. The highest BCUT2D eigenvalue weighted by Gasteiger charge is 2.05. The van der Waals surface area contributed by atoms with Crippen LogP contribution in [-0.4, -0.2) is 11.0 Å². The fraction of sp³-hybridized carbons (Fsp3) is 0.389. The summed E-state index contributed by atoms with van der Waals surface area (Å²) in [5.74, 6) is 0.516. The molecule has 3 nitrogen and oxygen atoms in total. The van der Waals surface area contributed by atoms with E-state index in [1.807, 2.05) is 12.1 Å². The molecule has 0 radical (unpaired) electrons. The Labute approximate surface area is 126 Å². The molecule has 0 atom stereocenters. The lowest BCUT2D eigenvalue weighted by Gasteiger charge is -2.09. The molecule has 1 aromatic carbocycles. The molecule has 2 aromatic rings. The summed E-state index contributed by atoms with van der Waals surface area (Å²) in [4.78, 5) is 15.1. The zero-order valence-electron chi connectivity index (χ0n) is 13.2. The first kappa shape index (κ1) is 15.5. The molecule has 0 aliphatic heterocycles. The minimum absolute atomic E-state index is 0.0198. The van der Waals surface area contributed by atoms with Gasteiger partial charge in [0.2, 0.25) is 0 Å². The molecule has 2 N–H and O–H groups in total. The van der Waals surface area contributed by atoms with Gasteiger partial charge < -0.3 is 10.3 Å². The van der Waals surface area contributed by atoms with Crippen molar-refractivity contribution in [1.29, 1.82) is 0 Å². The van der Waals surface area contributed by atoms with Crippen LogP contribution in [0.15, 0.2) is 41.2 Å². The molecule has 21 heavy (non-hydrogen) atoms. The summed E-state index contributed by atoms with van der Waals surface area (Å²) in [5, 5.41) is 3.26. The Morgan fingerprint density at radius 3 is 2.19 bits per heavy atom. The summed E-state index contributed by atoms with van der Waals surface area (Å²) in [5.41, 5.74) is 3.96. The summed E-state index contributed by atoms with van der Waals surface area (Å²) >= 11 is 0. The second-order valence-corrected chi connectivity index (χ2v) is 6.04. The summed E-state index contributed by atoms with van der Waals surface area (Å²) < 4.78 is 0. The monoisotopic (exact) mass is 284 g/mol. The van der Waals surface area contributed by atoms with E-state index in [0.29, 0.717) is 18.5 Å². The predicted octanol–water partition coefficient (Wildman–Crippen LogP) is 3.66. The third-order valence-corrected chi connectivity index (χ3v) is 3.58. The summed E-state index contributed by atoms with van der Waals surface area (Å²) in [7, 11) is 0. The van der Waals surface area contributed by atoms with Gasteiger partial charge >= 0.3 is 0 Å². The molecule has 0 fully saturated rings. The Balaban J connectivity index is 2.21. The van der Waals surface area contributed by atoms with Crippen molar-refractivity contribution >= 4 is 0 Å². The van der Waals surface area contributed by atoms with Gasteiger partial charge in [0.15, 0.2) is 0 Å². The van der Waals surface area contributed by atoms with E-state index in [4.69, 9.17) is 0 Å². The fourth-order valence-corrected chi connectivity index (χ4v) is 2.17. The molecule has 0 saturated heterocycles. The number of aromatic amines is 1. The lowest BCUT2D eigenvalue weighted by molar-refractivity contribution is 0.586. The molecule has 2 rings (SSSR count). The first-order valence-corrected chi connectivity index (χ1v) is 7.53. The third kappa shape index (κ3) is 4.05. The lowest BCUT2D eigenvalue weighted by Crippen LogP contribution is -2.26. The summed E-state index contributed by atoms with van der Waals surface area (Å²) in [6.45, 7) is 9.08. The van der Waals surface area contributed by atoms with Gasteiger partial charge in [-0.1, -0.05) is 58.0 Å². The maximum Gasteiger partial charge on any atom is 0.252 e. The summed E-state index contributed by atoms with van der Waals surface area (Å²) in [6.07, 6.45) is 0. The van der Waals surface area contributed by atoms with Gasteiger partial charge in [-0.05, 0) is 23.1 Å². The molecule has 0 amide bonds. The smallest absolute Gasteiger partial charge is 0.252 e. The molecule has 0 aliphatic carbocycles. The highest BCUT2D eigenvalue weighted by molar-refractivity contribution is 5.59. The number of hydrogen-bond acceptors (Lipinski definition) is 2. The Kier molecular flexibility index (Phi) is 4.97. The Morgan fingerprint density at radius 2 is 1.67 bits per heavy atom. The van der Waals surface area contributed by atoms with Gasteiger partial charge in [0.05, 0.1) is 0 Å². The minimum Gasteiger partial charge on any atom is -0.322 e. The van der Waals surface area contributed by atoms with E-state index < -0.39 is 0 Å². The van der Waals surface area contributed by atoms with E-state index in [1.165, 1.54) is 5.56 Å². The molecule has 0 unspecified atom stereocenters. The average Bonchev–Trinajstić information content (AvgIpc) is 2.46. The topological polar surface area (TPSA) is 44.9 Å². The van der Waals surface area contributed by atoms with E-state index in [9.17, 15) is 4.79 Å². The standard InChI is InChI=1S/C18H24N2O/c1-12(2)14-5-7-15(8-6-14)17-10-9-16(18(21)20-17)11-19-13(3)4/h5-10,12-13,19H,11H2,1-4H3,(H,20,21). The van der Waals surface area contributed by atoms with Crippen LogP contribution in [0.5, 0.6) is 0 Å². The number of aromatic nitrogens is 1. The highest BCUT2D eigenvalue weighted by atomic mass is 16.1. The molecule has 1 heterocycles. The van der Waals surface area contributed by atoms with E-state index in [2.05, 4.69) is 62.3 Å². The number of H-pyrrole nitrogens is 1. The van der Waals surface area contributed by atoms with E-state index in [0.717, 1.165) is 16.8 Å². The maximum absolute atomic E-state index is 12.1. The number of rotatable bonds is 5. The number of nitrogens with one attached hydrogen (secondary N) is 2. The van der Waals surface area contributed by atoms with Gasteiger partial charge in [-0.2, -0.15) is 0 Å². The van der Waals surface area contributed by atoms with Gasteiger partial charge in [-0.25, -0.2) is 0 Å². The van der Waals surface area contributed by atoms with Gasteiger partial charge in [0.1, 0.15) is 0 Å². The van der Waals surface area contributed by atoms with E-state index in [-0.39, 0.29) is 5.56 Å². The zero-order valence-corrected chi connectivity index (χ0v) is 13.2. The van der Waals surface area contributed by atoms with Crippen molar-refractivity contribution in [2.24, 2.45) is 0 Å². The van der Waals surface area contributed by atoms with Crippen LogP contribution in [-0.2, 0) is 6.54 Å². The van der Waals surface area contributed by atoms with Crippen LogP contribution < -0.4 is 10.9 Å². The molecule has 0 saturated carbocycles. The molecule has 0 aliphatic rings. The highest BCUT2D eigenvalue weighted by Crippen LogP contribution is 2.20. The molecule has 0 bridgehead atoms. The van der Waals surface area contributed by atoms with Crippen molar-refractivity contribution in [3.8, 4) is 11.3 Å². The van der Waals surface area contributed by atoms with Crippen molar-refractivity contribution in [3.63, 3.8) is 0 Å². The van der Waals surface area contributed by atoms with Crippen molar-refractivity contribution in [3.05, 3.63) is 57.9 Å². The Morgan fingerprint density at radius 1 is 1.00 bits per heavy atom. The van der Waals surface area contributed by atoms with Crippen molar-refractivity contribution in [1.82, 2.24) is 10.3 Å². The van der Waals surface area contributed by atoms with Crippen LogP contribution >= 0.6 is 0 Å². The van der Waals surface area contributed by atoms with Crippen LogP contribution in [0.4, 0.5) is 0 Å². The Bertz CT molecular complexity index is 639. The normalized spacial score (nSPS) is 11.3. The first-order valence-electron chi connectivity index (χ1n) is 7.53. The summed E-state index contributed by atoms with van der Waals surface area (Å²) in [6, 6.07) is 12.6. The molecule has 112 valence electrons. The van der Waals surface area contributed by atoms with Crippen molar-refractivity contribution in [2.45, 2.75) is 46.2 Å². The average molecular weight is 284 g/mol. The van der Waals surface area contributed by atoms with Crippen LogP contribution in [0.25, 0.3) is 11.3 Å². The van der Waals surface area contributed by atoms with Crippen molar-refractivity contribution < 1.29 is 0 Å². The van der Waals surface area contributed by atoms with E-state index >= 15 is 0 Å². The second-order valence-electron chi connectivity index (χ2n) is 6.04. The second kappa shape index (κ2) is 6.72. The molecule has 1 aromatic heterocycles. The lowest BCUT2D eigenvalue weighted by atomic mass is 10.0. The third-order valence-electron chi connectivity index (χ3n) is 3.58. The van der Waals surface area contributed by atoms with E-state index in [1.54, 1.807) is 0 Å². The number of pyridine rings is 1. The SMILES string of the molecule is CC(C)NCc1ccc(-c2ccc(C(C)C)cc2)[nH]c1=O. The molecule has 3 heteroatoms. The predicted molar refractivity (Wildman–Crippen MR) is 88.6 cm³/mol. The fourth-order valence-electron chi connectivity index (χ4n) is 2.17. The first-order chi connectivity index (χ1) is 9.97. The van der Waals surface area contributed by atoms with Gasteiger partial charge in [-0.15, -0.1) is 0 Å². The molecular formula is C18H24N2O. The quantitative estimate of drug-likeness (QED) is 0.880. The van der Waals surface area contributed by atoms with Crippen LogP contribution in [0.1, 0.15) is 44.7 Å². The molecule has 0 spiro atoms. The number of benzene rings is 1. The number of hydrogen-bond donors (Lipinski definition) is 2. The zero-order chi connectivity index (χ0) is 15.4. The largest absolute Gasteiger partial charge is 0.322 e.